The molecule has 0 spiro atoms. The molecule has 0 radical (unpaired) electrons. The molecule has 2 aromatic heterocycles. The van der Waals surface area contributed by atoms with Crippen LogP contribution in [-0.2, 0) is 16.0 Å². The van der Waals surface area contributed by atoms with E-state index in [9.17, 15) is 14.7 Å². The summed E-state index contributed by atoms with van der Waals surface area (Å²) in [5.41, 5.74) is 0.699. The van der Waals surface area contributed by atoms with Crippen LogP contribution in [0, 0.1) is 11.8 Å². The molecular formula is C21H28N4O3S. The Bertz CT molecular complexity index is 858. The summed E-state index contributed by atoms with van der Waals surface area (Å²) in [6, 6.07) is 8.71. The maximum absolute atomic E-state index is 12.3. The molecule has 1 atom stereocenters. The minimum Gasteiger partial charge on any atom is -0.504 e. The quantitative estimate of drug-likeness (QED) is 0.532. The van der Waals surface area contributed by atoms with Gasteiger partial charge in [-0.05, 0) is 48.8 Å². The van der Waals surface area contributed by atoms with E-state index in [2.05, 4.69) is 20.6 Å². The summed E-state index contributed by atoms with van der Waals surface area (Å²) < 4.78 is 0. The predicted octanol–water partition coefficient (Wildman–Crippen LogP) is 4.10. The van der Waals surface area contributed by atoms with Gasteiger partial charge in [-0.2, -0.15) is 0 Å². The van der Waals surface area contributed by atoms with E-state index >= 15 is 0 Å². The van der Waals surface area contributed by atoms with Gasteiger partial charge in [0.15, 0.2) is 11.6 Å². The Morgan fingerprint density at radius 2 is 1.76 bits per heavy atom. The summed E-state index contributed by atoms with van der Waals surface area (Å²) in [5, 5.41) is 16.3. The molecule has 0 aliphatic rings. The van der Waals surface area contributed by atoms with Crippen molar-refractivity contribution in [3.63, 3.8) is 0 Å². The van der Waals surface area contributed by atoms with E-state index in [4.69, 9.17) is 0 Å². The summed E-state index contributed by atoms with van der Waals surface area (Å²) in [5.74, 6) is 0.547. The van der Waals surface area contributed by atoms with E-state index in [0.29, 0.717) is 30.8 Å². The van der Waals surface area contributed by atoms with Crippen molar-refractivity contribution in [2.45, 2.75) is 45.1 Å². The summed E-state index contributed by atoms with van der Waals surface area (Å²) in [4.78, 5) is 32.9. The van der Waals surface area contributed by atoms with Crippen LogP contribution >= 0.6 is 11.8 Å². The average molecular weight is 417 g/mol. The number of rotatable bonds is 9. The lowest BCUT2D eigenvalue weighted by Crippen LogP contribution is -2.18. The molecule has 3 N–H and O–H groups in total. The lowest BCUT2D eigenvalue weighted by atomic mass is 10.0. The van der Waals surface area contributed by atoms with Crippen molar-refractivity contribution >= 4 is 35.2 Å². The number of nitrogens with one attached hydrogen (secondary N) is 2. The Morgan fingerprint density at radius 1 is 1.03 bits per heavy atom. The molecule has 156 valence electrons. The third-order valence-corrected chi connectivity index (χ3v) is 4.72. The molecule has 2 heterocycles. The minimum atomic E-state index is -0.188. The van der Waals surface area contributed by atoms with E-state index < -0.39 is 0 Å². The van der Waals surface area contributed by atoms with Crippen LogP contribution in [0.3, 0.4) is 0 Å². The third-order valence-electron chi connectivity index (χ3n) is 4.07. The van der Waals surface area contributed by atoms with Crippen LogP contribution in [0.2, 0.25) is 0 Å². The number of carbonyl (C=O) groups excluding carboxylic acids is 2. The Morgan fingerprint density at radius 3 is 2.45 bits per heavy atom. The molecule has 0 aliphatic heterocycles. The van der Waals surface area contributed by atoms with Crippen LogP contribution in [0.25, 0.3) is 0 Å². The predicted molar refractivity (Wildman–Crippen MR) is 116 cm³/mol. The van der Waals surface area contributed by atoms with Crippen LogP contribution in [0.4, 0.5) is 11.6 Å². The van der Waals surface area contributed by atoms with Gasteiger partial charge in [0.05, 0.1) is 5.03 Å². The molecule has 0 aliphatic carbocycles. The highest BCUT2D eigenvalue weighted by Gasteiger charge is 2.15. The number of aromatic hydroxyl groups is 1. The van der Waals surface area contributed by atoms with E-state index in [1.165, 1.54) is 17.8 Å². The monoisotopic (exact) mass is 416 g/mol. The number of nitrogens with zero attached hydrogens (tertiary/aromatic N) is 2. The van der Waals surface area contributed by atoms with Crippen molar-refractivity contribution < 1.29 is 14.7 Å². The van der Waals surface area contributed by atoms with Gasteiger partial charge in [0.1, 0.15) is 5.82 Å². The Kier molecular flexibility index (Phi) is 8.45. The van der Waals surface area contributed by atoms with E-state index in [0.717, 1.165) is 5.03 Å². The zero-order chi connectivity index (χ0) is 21.4. The maximum atomic E-state index is 12.3. The Balaban J connectivity index is 1.93. The summed E-state index contributed by atoms with van der Waals surface area (Å²) in [6.07, 6.45) is 3.13. The maximum Gasteiger partial charge on any atom is 0.225 e. The number of hydrogen-bond acceptors (Lipinski definition) is 6. The zero-order valence-corrected chi connectivity index (χ0v) is 18.0. The van der Waals surface area contributed by atoms with Gasteiger partial charge < -0.3 is 15.7 Å². The van der Waals surface area contributed by atoms with Crippen molar-refractivity contribution in [2.24, 2.45) is 11.8 Å². The summed E-state index contributed by atoms with van der Waals surface area (Å²) >= 11 is 1.51. The molecule has 0 saturated heterocycles. The molecule has 0 aromatic carbocycles. The highest BCUT2D eigenvalue weighted by atomic mass is 32.2. The van der Waals surface area contributed by atoms with Gasteiger partial charge in [0.2, 0.25) is 11.8 Å². The number of pyridine rings is 2. The Labute approximate surface area is 175 Å². The standard InChI is InChI=1S/C21H28N4O3S/c1-13(2)10-18(27)25-21-16(26)9-8-15(22-21)11-14(3)12-19(28)23-17-6-5-7-20(24-17)29-4/h5-9,13-14,26H,10-12H2,1-4H3,(H,22,25,27)(H,23,24,28)/t14-/m0/s1. The first-order valence-corrected chi connectivity index (χ1v) is 10.8. The van der Waals surface area contributed by atoms with E-state index in [1.807, 2.05) is 39.2 Å². The van der Waals surface area contributed by atoms with Gasteiger partial charge in [-0.25, -0.2) is 9.97 Å². The van der Waals surface area contributed by atoms with Gasteiger partial charge in [-0.15, -0.1) is 11.8 Å². The van der Waals surface area contributed by atoms with Gasteiger partial charge in [-0.1, -0.05) is 26.8 Å². The number of aromatic nitrogens is 2. The zero-order valence-electron chi connectivity index (χ0n) is 17.2. The van der Waals surface area contributed by atoms with Gasteiger partial charge in [0.25, 0.3) is 0 Å². The molecule has 29 heavy (non-hydrogen) atoms. The fourth-order valence-corrected chi connectivity index (χ4v) is 3.19. The topological polar surface area (TPSA) is 104 Å². The molecular weight excluding hydrogens is 388 g/mol. The number of amides is 2. The number of anilines is 2. The van der Waals surface area contributed by atoms with E-state index in [1.54, 1.807) is 12.1 Å². The second-order valence-corrected chi connectivity index (χ2v) is 8.27. The number of hydrogen-bond donors (Lipinski definition) is 3. The molecule has 0 bridgehead atoms. The summed E-state index contributed by atoms with van der Waals surface area (Å²) in [7, 11) is 0. The third kappa shape index (κ3) is 7.73. The van der Waals surface area contributed by atoms with Gasteiger partial charge in [-0.3, -0.25) is 9.59 Å². The van der Waals surface area contributed by atoms with Crippen LogP contribution in [0.5, 0.6) is 5.75 Å². The normalized spacial score (nSPS) is 11.9. The van der Waals surface area contributed by atoms with Crippen LogP contribution < -0.4 is 10.6 Å². The van der Waals surface area contributed by atoms with Crippen molar-refractivity contribution in [3.8, 4) is 5.75 Å². The lowest BCUT2D eigenvalue weighted by molar-refractivity contribution is -0.117. The fourth-order valence-electron chi connectivity index (χ4n) is 2.79. The van der Waals surface area contributed by atoms with E-state index in [-0.39, 0.29) is 35.2 Å². The second kappa shape index (κ2) is 10.8. The van der Waals surface area contributed by atoms with Crippen molar-refractivity contribution in [3.05, 3.63) is 36.0 Å². The Hall–Kier alpha value is -2.61. The van der Waals surface area contributed by atoms with Crippen molar-refractivity contribution in [2.75, 3.05) is 16.9 Å². The average Bonchev–Trinajstić information content (AvgIpc) is 2.63. The first-order chi connectivity index (χ1) is 13.8. The molecule has 0 unspecified atom stereocenters. The molecule has 0 saturated carbocycles. The number of thioether (sulfide) groups is 1. The molecule has 2 amide bonds. The molecule has 7 nitrogen and oxygen atoms in total. The highest BCUT2D eigenvalue weighted by Crippen LogP contribution is 2.23. The smallest absolute Gasteiger partial charge is 0.225 e. The molecule has 0 fully saturated rings. The lowest BCUT2D eigenvalue weighted by Gasteiger charge is -2.13. The first-order valence-electron chi connectivity index (χ1n) is 9.56. The van der Waals surface area contributed by atoms with Crippen LogP contribution in [-0.4, -0.2) is 33.1 Å². The first kappa shape index (κ1) is 22.7. The highest BCUT2D eigenvalue weighted by molar-refractivity contribution is 7.98. The minimum absolute atomic E-state index is 0.0231. The van der Waals surface area contributed by atoms with Crippen molar-refractivity contribution in [1.82, 2.24) is 9.97 Å². The summed E-state index contributed by atoms with van der Waals surface area (Å²) in [6.45, 7) is 5.85. The number of carbonyl (C=O) groups is 2. The molecule has 8 heteroatoms. The molecule has 2 aromatic rings. The largest absolute Gasteiger partial charge is 0.504 e. The van der Waals surface area contributed by atoms with Crippen LogP contribution in [0.15, 0.2) is 35.4 Å². The fraction of sp³-hybridized carbons (Fsp3) is 0.429. The van der Waals surface area contributed by atoms with Gasteiger partial charge in [0, 0.05) is 18.5 Å². The second-order valence-electron chi connectivity index (χ2n) is 7.44. The van der Waals surface area contributed by atoms with Gasteiger partial charge >= 0.3 is 0 Å². The molecule has 2 rings (SSSR count). The van der Waals surface area contributed by atoms with Crippen molar-refractivity contribution in [1.29, 1.82) is 0 Å². The SMILES string of the molecule is CSc1cccc(NC(=O)C[C@@H](C)Cc2ccc(O)c(NC(=O)CC(C)C)n2)n1. The van der Waals surface area contributed by atoms with Crippen LogP contribution in [0.1, 0.15) is 39.3 Å².